The molecule has 178 valence electrons. The van der Waals surface area contributed by atoms with Gasteiger partial charge < -0.3 is 5.11 Å². The minimum atomic E-state index is -0.664. The lowest BCUT2D eigenvalue weighted by molar-refractivity contribution is -0.137. The van der Waals surface area contributed by atoms with E-state index < -0.39 is 5.97 Å². The molecule has 0 bridgehead atoms. The van der Waals surface area contributed by atoms with Gasteiger partial charge >= 0.3 is 5.97 Å². The topological polar surface area (TPSA) is 37.3 Å². The molecule has 0 fully saturated rings. The van der Waals surface area contributed by atoms with Gasteiger partial charge in [0.05, 0.1) is 0 Å². The van der Waals surface area contributed by atoms with Crippen LogP contribution < -0.4 is 0 Å². The average molecular weight is 423 g/mol. The molecule has 0 aliphatic carbocycles. The molecule has 30 heavy (non-hydrogen) atoms. The number of aliphatic carboxylic acids is 1. The lowest BCUT2D eigenvalue weighted by Gasteiger charge is -1.99. The van der Waals surface area contributed by atoms with Gasteiger partial charge in [-0.1, -0.05) is 116 Å². The van der Waals surface area contributed by atoms with Crippen LogP contribution in [0.4, 0.5) is 0 Å². The second-order valence-corrected chi connectivity index (χ2v) is 8.57. The third kappa shape index (κ3) is 34.5. The van der Waals surface area contributed by atoms with Crippen molar-refractivity contribution in [1.82, 2.24) is 0 Å². The number of carbonyl (C=O) groups is 1. The van der Waals surface area contributed by atoms with Gasteiger partial charge in [0.2, 0.25) is 0 Å². The third-order valence-electron chi connectivity index (χ3n) is 5.41. The van der Waals surface area contributed by atoms with E-state index in [0.717, 1.165) is 12.8 Å². The standard InChI is InChI=1S/C18H34O2.C10H20/c1-2-3-4-5-6-7-8-9-10-11-12-13-14-15-16-17-18(19)20;1-3-5-7-9-10-8-6-4-2/h9-10H,2-8,11-17H2,1H3,(H,19,20);3H,1,4-10H2,2H3/b10-9-;. The molecule has 0 heterocycles. The smallest absolute Gasteiger partial charge is 0.303 e. The Hall–Kier alpha value is -1.05. The Bertz CT molecular complexity index is 360. The highest BCUT2D eigenvalue weighted by Gasteiger charge is 1.95. The molecule has 0 rings (SSSR count). The number of rotatable bonds is 22. The molecule has 0 aliphatic heterocycles. The van der Waals surface area contributed by atoms with E-state index in [2.05, 4.69) is 32.6 Å². The first kappa shape index (κ1) is 31.1. The first-order valence-electron chi connectivity index (χ1n) is 13.2. The number of carboxylic acids is 1. The quantitative estimate of drug-likeness (QED) is 0.139. The predicted molar refractivity (Wildman–Crippen MR) is 135 cm³/mol. The van der Waals surface area contributed by atoms with Crippen LogP contribution in [0.5, 0.6) is 0 Å². The maximum Gasteiger partial charge on any atom is 0.303 e. The van der Waals surface area contributed by atoms with Gasteiger partial charge in [0.25, 0.3) is 0 Å². The highest BCUT2D eigenvalue weighted by Crippen LogP contribution is 2.10. The Balaban J connectivity index is 0. The Kier molecular flexibility index (Phi) is 31.3. The largest absolute Gasteiger partial charge is 0.481 e. The fourth-order valence-corrected chi connectivity index (χ4v) is 3.42. The van der Waals surface area contributed by atoms with Gasteiger partial charge in [-0.2, -0.15) is 0 Å². The molecule has 0 atom stereocenters. The summed E-state index contributed by atoms with van der Waals surface area (Å²) in [4.78, 5) is 10.3. The Labute approximate surface area is 189 Å². The first-order valence-corrected chi connectivity index (χ1v) is 13.2. The minimum Gasteiger partial charge on any atom is -0.481 e. The van der Waals surface area contributed by atoms with Gasteiger partial charge in [-0.25, -0.2) is 0 Å². The molecule has 0 spiro atoms. The fourth-order valence-electron chi connectivity index (χ4n) is 3.42. The van der Waals surface area contributed by atoms with E-state index in [1.807, 2.05) is 6.08 Å². The van der Waals surface area contributed by atoms with Crippen molar-refractivity contribution in [3.8, 4) is 0 Å². The molecule has 2 heteroatoms. The van der Waals surface area contributed by atoms with Crippen molar-refractivity contribution >= 4 is 5.97 Å². The second kappa shape index (κ2) is 30.1. The van der Waals surface area contributed by atoms with Crippen molar-refractivity contribution in [1.29, 1.82) is 0 Å². The number of hydrogen-bond acceptors (Lipinski definition) is 1. The minimum absolute atomic E-state index is 0.332. The molecule has 0 aliphatic rings. The molecule has 0 aromatic heterocycles. The Morgan fingerprint density at radius 1 is 0.600 bits per heavy atom. The van der Waals surface area contributed by atoms with Crippen molar-refractivity contribution < 1.29 is 9.90 Å². The van der Waals surface area contributed by atoms with E-state index in [1.165, 1.54) is 116 Å². The predicted octanol–water partition coefficient (Wildman–Crippen LogP) is 10.0. The van der Waals surface area contributed by atoms with Gasteiger partial charge in [-0.15, -0.1) is 6.58 Å². The fraction of sp³-hybridized carbons (Fsp3) is 0.821. The van der Waals surface area contributed by atoms with Gasteiger partial charge in [-0.05, 0) is 44.9 Å². The lowest BCUT2D eigenvalue weighted by Crippen LogP contribution is -1.93. The van der Waals surface area contributed by atoms with Crippen LogP contribution in [0.1, 0.15) is 149 Å². The summed E-state index contributed by atoms with van der Waals surface area (Å²) in [6, 6.07) is 0. The maximum atomic E-state index is 10.3. The van der Waals surface area contributed by atoms with Crippen molar-refractivity contribution in [3.05, 3.63) is 24.8 Å². The van der Waals surface area contributed by atoms with Crippen molar-refractivity contribution in [2.45, 2.75) is 149 Å². The lowest BCUT2D eigenvalue weighted by atomic mass is 10.1. The Morgan fingerprint density at radius 2 is 0.967 bits per heavy atom. The molecule has 0 unspecified atom stereocenters. The number of carboxylic acid groups (broad SMARTS) is 1. The second-order valence-electron chi connectivity index (χ2n) is 8.57. The first-order chi connectivity index (χ1) is 14.7. The summed E-state index contributed by atoms with van der Waals surface area (Å²) in [6.45, 7) is 8.21. The molecule has 0 saturated heterocycles. The van der Waals surface area contributed by atoms with Crippen LogP contribution in [-0.4, -0.2) is 11.1 Å². The van der Waals surface area contributed by atoms with Gasteiger partial charge in [0, 0.05) is 6.42 Å². The highest BCUT2D eigenvalue weighted by atomic mass is 16.4. The van der Waals surface area contributed by atoms with E-state index in [9.17, 15) is 4.79 Å². The summed E-state index contributed by atoms with van der Waals surface area (Å²) >= 11 is 0. The number of hydrogen-bond donors (Lipinski definition) is 1. The van der Waals surface area contributed by atoms with Gasteiger partial charge in [0.15, 0.2) is 0 Å². The van der Waals surface area contributed by atoms with Gasteiger partial charge in [0.1, 0.15) is 0 Å². The summed E-state index contributed by atoms with van der Waals surface area (Å²) < 4.78 is 0. The third-order valence-corrected chi connectivity index (χ3v) is 5.41. The summed E-state index contributed by atoms with van der Waals surface area (Å²) in [6.07, 6.45) is 32.8. The molecule has 0 aromatic rings. The van der Waals surface area contributed by atoms with Crippen LogP contribution in [0, 0.1) is 0 Å². The Morgan fingerprint density at radius 3 is 1.37 bits per heavy atom. The van der Waals surface area contributed by atoms with Crippen LogP contribution in [0.2, 0.25) is 0 Å². The van der Waals surface area contributed by atoms with E-state index >= 15 is 0 Å². The highest BCUT2D eigenvalue weighted by molar-refractivity contribution is 5.66. The van der Waals surface area contributed by atoms with E-state index in [1.54, 1.807) is 0 Å². The summed E-state index contributed by atoms with van der Waals surface area (Å²) in [7, 11) is 0. The molecule has 0 aromatic carbocycles. The molecular formula is C28H54O2. The molecule has 0 radical (unpaired) electrons. The van der Waals surface area contributed by atoms with Crippen LogP contribution in [0.3, 0.4) is 0 Å². The van der Waals surface area contributed by atoms with Crippen LogP contribution in [-0.2, 0) is 4.79 Å². The van der Waals surface area contributed by atoms with E-state index in [-0.39, 0.29) is 0 Å². The molecule has 2 nitrogen and oxygen atoms in total. The summed E-state index contributed by atoms with van der Waals surface area (Å²) in [5.74, 6) is -0.664. The number of allylic oxidation sites excluding steroid dienone is 3. The van der Waals surface area contributed by atoms with E-state index in [4.69, 9.17) is 5.11 Å². The monoisotopic (exact) mass is 422 g/mol. The summed E-state index contributed by atoms with van der Waals surface area (Å²) in [5, 5.41) is 8.51. The molecular weight excluding hydrogens is 368 g/mol. The maximum absolute atomic E-state index is 10.3. The van der Waals surface area contributed by atoms with Crippen LogP contribution >= 0.6 is 0 Å². The van der Waals surface area contributed by atoms with Gasteiger partial charge in [-0.3, -0.25) is 4.79 Å². The van der Waals surface area contributed by atoms with Crippen LogP contribution in [0.25, 0.3) is 0 Å². The molecule has 1 N–H and O–H groups in total. The molecule has 0 saturated carbocycles. The van der Waals surface area contributed by atoms with E-state index in [0.29, 0.717) is 6.42 Å². The zero-order chi connectivity index (χ0) is 22.5. The SMILES string of the molecule is C=CCCCCCCCC.CCCCCCCC/C=C\CCCCCCCC(=O)O. The van der Waals surface area contributed by atoms with Crippen molar-refractivity contribution in [2.75, 3.05) is 0 Å². The zero-order valence-corrected chi connectivity index (χ0v) is 20.6. The molecule has 0 amide bonds. The normalized spacial score (nSPS) is 10.7. The number of unbranched alkanes of at least 4 members (excludes halogenated alkanes) is 17. The summed E-state index contributed by atoms with van der Waals surface area (Å²) in [5.41, 5.74) is 0. The van der Waals surface area contributed by atoms with Crippen molar-refractivity contribution in [3.63, 3.8) is 0 Å². The van der Waals surface area contributed by atoms with Crippen molar-refractivity contribution in [2.24, 2.45) is 0 Å². The van der Waals surface area contributed by atoms with Crippen LogP contribution in [0.15, 0.2) is 24.8 Å². The average Bonchev–Trinajstić information content (AvgIpc) is 2.74. The zero-order valence-electron chi connectivity index (χ0n) is 20.6.